The summed E-state index contributed by atoms with van der Waals surface area (Å²) in [5.74, 6) is 4.24. The van der Waals surface area contributed by atoms with Gasteiger partial charge in [0.25, 0.3) is 0 Å². The summed E-state index contributed by atoms with van der Waals surface area (Å²) in [7, 11) is 0. The highest BCUT2D eigenvalue weighted by Crippen LogP contribution is 2.27. The molecule has 0 aliphatic heterocycles. The first kappa shape index (κ1) is 10.1. The summed E-state index contributed by atoms with van der Waals surface area (Å²) in [6.45, 7) is 2.35. The van der Waals surface area contributed by atoms with Gasteiger partial charge in [0.1, 0.15) is 5.76 Å². The smallest absolute Gasteiger partial charge is 0.113 e. The van der Waals surface area contributed by atoms with Gasteiger partial charge in [0.05, 0.1) is 12.0 Å². The Morgan fingerprint density at radius 2 is 2.43 bits per heavy atom. The first-order chi connectivity index (χ1) is 6.95. The Balaban J connectivity index is 1.43. The zero-order valence-electron chi connectivity index (χ0n) is 8.37. The Kier molecular flexibility index (Phi) is 3.95. The summed E-state index contributed by atoms with van der Waals surface area (Å²) in [5, 5.41) is 3.48. The van der Waals surface area contributed by atoms with Gasteiger partial charge in [-0.2, -0.15) is 11.8 Å². The third-order valence-corrected chi connectivity index (χ3v) is 3.36. The molecule has 2 rings (SSSR count). The molecule has 0 amide bonds. The van der Waals surface area contributed by atoms with E-state index in [4.69, 9.17) is 4.42 Å². The first-order valence-corrected chi connectivity index (χ1v) is 6.41. The van der Waals surface area contributed by atoms with Crippen molar-refractivity contribution in [2.75, 3.05) is 18.8 Å². The van der Waals surface area contributed by atoms with E-state index in [2.05, 4.69) is 5.32 Å². The van der Waals surface area contributed by atoms with Crippen molar-refractivity contribution in [3.63, 3.8) is 0 Å². The van der Waals surface area contributed by atoms with Crippen molar-refractivity contribution in [2.45, 2.75) is 18.6 Å². The summed E-state index contributed by atoms with van der Waals surface area (Å²) in [4.78, 5) is 0. The van der Waals surface area contributed by atoms with Crippen LogP contribution in [0.25, 0.3) is 0 Å². The van der Waals surface area contributed by atoms with Gasteiger partial charge in [0.2, 0.25) is 0 Å². The van der Waals surface area contributed by atoms with E-state index in [1.807, 2.05) is 23.9 Å². The molecule has 1 fully saturated rings. The van der Waals surface area contributed by atoms with Crippen LogP contribution in [0.15, 0.2) is 22.8 Å². The van der Waals surface area contributed by atoms with Gasteiger partial charge in [-0.15, -0.1) is 0 Å². The second kappa shape index (κ2) is 5.47. The fourth-order valence-corrected chi connectivity index (χ4v) is 2.14. The third-order valence-electron chi connectivity index (χ3n) is 2.38. The molecule has 1 aliphatic rings. The zero-order chi connectivity index (χ0) is 9.64. The van der Waals surface area contributed by atoms with Gasteiger partial charge in [-0.25, -0.2) is 0 Å². The largest absolute Gasteiger partial charge is 0.468 e. The van der Waals surface area contributed by atoms with Crippen LogP contribution in [0, 0.1) is 5.92 Å². The van der Waals surface area contributed by atoms with E-state index in [1.54, 1.807) is 6.26 Å². The highest BCUT2D eigenvalue weighted by molar-refractivity contribution is 7.98. The summed E-state index contributed by atoms with van der Waals surface area (Å²) >= 11 is 1.93. The zero-order valence-corrected chi connectivity index (χ0v) is 9.19. The molecule has 0 saturated heterocycles. The molecular formula is C11H17NOS. The van der Waals surface area contributed by atoms with Crippen LogP contribution in [0.3, 0.4) is 0 Å². The van der Waals surface area contributed by atoms with Crippen LogP contribution < -0.4 is 5.32 Å². The third kappa shape index (κ3) is 3.76. The van der Waals surface area contributed by atoms with E-state index in [-0.39, 0.29) is 0 Å². The van der Waals surface area contributed by atoms with Gasteiger partial charge in [-0.05, 0) is 37.4 Å². The van der Waals surface area contributed by atoms with Crippen molar-refractivity contribution in [1.82, 2.24) is 5.32 Å². The highest BCUT2D eigenvalue weighted by atomic mass is 32.2. The van der Waals surface area contributed by atoms with Gasteiger partial charge in [-0.3, -0.25) is 0 Å². The van der Waals surface area contributed by atoms with E-state index in [0.29, 0.717) is 0 Å². The summed E-state index contributed by atoms with van der Waals surface area (Å²) in [6, 6.07) is 3.98. The van der Waals surface area contributed by atoms with Crippen LogP contribution >= 0.6 is 11.8 Å². The number of thioether (sulfide) groups is 1. The van der Waals surface area contributed by atoms with E-state index < -0.39 is 0 Å². The summed E-state index contributed by atoms with van der Waals surface area (Å²) < 4.78 is 5.25. The molecular weight excluding hydrogens is 194 g/mol. The van der Waals surface area contributed by atoms with Gasteiger partial charge in [0, 0.05) is 12.3 Å². The molecule has 0 aromatic carbocycles. The Labute approximate surface area is 89.4 Å². The minimum atomic E-state index is 0.991. The van der Waals surface area contributed by atoms with Crippen LogP contribution in [0.5, 0.6) is 0 Å². The maximum atomic E-state index is 5.25. The van der Waals surface area contributed by atoms with Crippen LogP contribution in [0.1, 0.15) is 18.6 Å². The molecule has 1 saturated carbocycles. The minimum absolute atomic E-state index is 0.991. The van der Waals surface area contributed by atoms with Crippen molar-refractivity contribution in [2.24, 2.45) is 5.92 Å². The fraction of sp³-hybridized carbons (Fsp3) is 0.636. The Morgan fingerprint density at radius 3 is 3.14 bits per heavy atom. The van der Waals surface area contributed by atoms with E-state index in [1.165, 1.54) is 25.1 Å². The normalized spacial score (nSPS) is 16.0. The second-order valence-corrected chi connectivity index (χ2v) is 4.88. The Bertz CT molecular complexity index is 244. The van der Waals surface area contributed by atoms with Crippen molar-refractivity contribution in [1.29, 1.82) is 0 Å². The molecule has 0 bridgehead atoms. The van der Waals surface area contributed by atoms with Gasteiger partial charge in [-0.1, -0.05) is 0 Å². The van der Waals surface area contributed by atoms with Gasteiger partial charge in [0.15, 0.2) is 0 Å². The number of rotatable bonds is 7. The van der Waals surface area contributed by atoms with Crippen LogP contribution in [-0.2, 0) is 5.75 Å². The molecule has 1 heterocycles. The van der Waals surface area contributed by atoms with Gasteiger partial charge >= 0.3 is 0 Å². The maximum absolute atomic E-state index is 5.25. The molecule has 0 atom stereocenters. The minimum Gasteiger partial charge on any atom is -0.468 e. The molecule has 14 heavy (non-hydrogen) atoms. The van der Waals surface area contributed by atoms with Crippen molar-refractivity contribution in [3.8, 4) is 0 Å². The molecule has 1 N–H and O–H groups in total. The molecule has 1 aromatic rings. The molecule has 3 heteroatoms. The predicted octanol–water partition coefficient (Wildman–Crippen LogP) is 2.51. The van der Waals surface area contributed by atoms with Crippen molar-refractivity contribution in [3.05, 3.63) is 24.2 Å². The maximum Gasteiger partial charge on any atom is 0.113 e. The van der Waals surface area contributed by atoms with Gasteiger partial charge < -0.3 is 9.73 Å². The lowest BCUT2D eigenvalue weighted by Crippen LogP contribution is -2.19. The van der Waals surface area contributed by atoms with Crippen LogP contribution in [0.4, 0.5) is 0 Å². The van der Waals surface area contributed by atoms with E-state index in [9.17, 15) is 0 Å². The number of hydrogen-bond donors (Lipinski definition) is 1. The monoisotopic (exact) mass is 211 g/mol. The van der Waals surface area contributed by atoms with Crippen molar-refractivity contribution >= 4 is 11.8 Å². The number of nitrogens with one attached hydrogen (secondary N) is 1. The molecule has 0 spiro atoms. The lowest BCUT2D eigenvalue weighted by molar-refractivity contribution is 0.530. The molecule has 0 unspecified atom stereocenters. The Hall–Kier alpha value is -0.410. The number of hydrogen-bond acceptors (Lipinski definition) is 3. The molecule has 1 aliphatic carbocycles. The molecule has 2 nitrogen and oxygen atoms in total. The molecule has 1 aromatic heterocycles. The highest BCUT2D eigenvalue weighted by Gasteiger charge is 2.19. The second-order valence-electron chi connectivity index (χ2n) is 3.78. The van der Waals surface area contributed by atoms with E-state index in [0.717, 1.165) is 24.0 Å². The fourth-order valence-electron chi connectivity index (χ4n) is 1.34. The van der Waals surface area contributed by atoms with Crippen LogP contribution in [-0.4, -0.2) is 18.8 Å². The average molecular weight is 211 g/mol. The molecule has 0 radical (unpaired) electrons. The van der Waals surface area contributed by atoms with Crippen LogP contribution in [0.2, 0.25) is 0 Å². The molecule has 78 valence electrons. The summed E-state index contributed by atoms with van der Waals surface area (Å²) in [5.41, 5.74) is 0. The lowest BCUT2D eigenvalue weighted by atomic mass is 10.4. The summed E-state index contributed by atoms with van der Waals surface area (Å²) in [6.07, 6.45) is 4.61. The Morgan fingerprint density at radius 1 is 1.50 bits per heavy atom. The topological polar surface area (TPSA) is 25.2 Å². The standard InChI is InChI=1S/C11H17NOS/c1-2-11(13-6-1)9-14-7-5-12-8-10-3-4-10/h1-2,6,10,12H,3-5,7-9H2. The average Bonchev–Trinajstić information content (AvgIpc) is 2.87. The van der Waals surface area contributed by atoms with E-state index >= 15 is 0 Å². The predicted molar refractivity (Wildman–Crippen MR) is 60.5 cm³/mol. The van der Waals surface area contributed by atoms with Crippen molar-refractivity contribution < 1.29 is 4.42 Å². The first-order valence-electron chi connectivity index (χ1n) is 5.26. The quantitative estimate of drug-likeness (QED) is 0.702. The number of furan rings is 1. The lowest BCUT2D eigenvalue weighted by Gasteiger charge is -2.02. The SMILES string of the molecule is c1coc(CSCCNCC2CC2)c1.